The summed E-state index contributed by atoms with van der Waals surface area (Å²) in [4.78, 5) is 2.41. The molecule has 0 saturated heterocycles. The molecule has 0 atom stereocenters. The molecule has 0 unspecified atom stereocenters. The number of rotatable bonds is 3. The number of hydrogen-bond acceptors (Lipinski definition) is 2. The second-order valence-electron chi connectivity index (χ2n) is 4.81. The van der Waals surface area contributed by atoms with Crippen molar-refractivity contribution in [3.05, 3.63) is 29.3 Å². The van der Waals surface area contributed by atoms with Gasteiger partial charge in [0.15, 0.2) is 0 Å². The molecule has 1 aromatic rings. The summed E-state index contributed by atoms with van der Waals surface area (Å²) >= 11 is 0. The minimum absolute atomic E-state index is 0.178. The van der Waals surface area contributed by atoms with Gasteiger partial charge in [0.1, 0.15) is 0 Å². The molecule has 1 aliphatic heterocycles. The fraction of sp³-hybridized carbons (Fsp3) is 0.533. The van der Waals surface area contributed by atoms with Crippen molar-refractivity contribution in [3.63, 3.8) is 0 Å². The van der Waals surface area contributed by atoms with Gasteiger partial charge in [-0.1, -0.05) is 19.9 Å². The number of likely N-dealkylation sites (N-methyl/N-ethyl adjacent to an activating group) is 1. The summed E-state index contributed by atoms with van der Waals surface area (Å²) < 4.78 is 0. The summed E-state index contributed by atoms with van der Waals surface area (Å²) in [6, 6.07) is 8.49. The van der Waals surface area contributed by atoms with Crippen LogP contribution in [0.1, 0.15) is 44.7 Å². The van der Waals surface area contributed by atoms with Crippen molar-refractivity contribution in [1.82, 2.24) is 0 Å². The van der Waals surface area contributed by atoms with Gasteiger partial charge in [-0.25, -0.2) is 0 Å². The highest BCUT2D eigenvalue weighted by Gasteiger charge is 2.41. The Balaban J connectivity index is 2.65. The van der Waals surface area contributed by atoms with Crippen LogP contribution in [0.4, 0.5) is 5.69 Å². The zero-order valence-corrected chi connectivity index (χ0v) is 11.0. The molecule has 2 rings (SSSR count). The Morgan fingerprint density at radius 3 is 2.53 bits per heavy atom. The van der Waals surface area contributed by atoms with Crippen LogP contribution in [0.25, 0.3) is 0 Å². The predicted molar refractivity (Wildman–Crippen MR) is 71.3 cm³/mol. The highest BCUT2D eigenvalue weighted by atomic mass is 15.2. The average molecular weight is 228 g/mol. The summed E-state index contributed by atoms with van der Waals surface area (Å²) in [6.07, 6.45) is 2.21. The van der Waals surface area contributed by atoms with E-state index in [2.05, 4.69) is 37.8 Å². The Morgan fingerprint density at radius 2 is 2.00 bits per heavy atom. The Hall–Kier alpha value is -1.49. The summed E-state index contributed by atoms with van der Waals surface area (Å²) in [7, 11) is 0. The minimum atomic E-state index is 0.178. The molecule has 2 nitrogen and oxygen atoms in total. The molecule has 0 amide bonds. The molecule has 90 valence electrons. The topological polar surface area (TPSA) is 27.0 Å². The Bertz CT molecular complexity index is 452. The molecule has 0 spiro atoms. The number of benzene rings is 1. The number of nitrogens with zero attached hydrogens (tertiary/aromatic N) is 2. The smallest absolute Gasteiger partial charge is 0.0995 e. The highest BCUT2D eigenvalue weighted by Crippen LogP contribution is 2.46. The van der Waals surface area contributed by atoms with E-state index < -0.39 is 0 Å². The van der Waals surface area contributed by atoms with Gasteiger partial charge < -0.3 is 4.90 Å². The number of nitriles is 1. The minimum Gasteiger partial charge on any atom is -0.371 e. The number of fused-ring (bicyclic) bond motifs is 1. The van der Waals surface area contributed by atoms with Crippen LogP contribution in [0.3, 0.4) is 0 Å². The first-order chi connectivity index (χ1) is 8.22. The number of anilines is 1. The van der Waals surface area contributed by atoms with Gasteiger partial charge in [0.2, 0.25) is 0 Å². The van der Waals surface area contributed by atoms with Gasteiger partial charge in [-0.15, -0.1) is 0 Å². The molecule has 0 N–H and O–H groups in total. The van der Waals surface area contributed by atoms with E-state index in [1.54, 1.807) is 0 Å². The quantitative estimate of drug-likeness (QED) is 0.792. The molecule has 0 radical (unpaired) electrons. The fourth-order valence-electron chi connectivity index (χ4n) is 3.09. The largest absolute Gasteiger partial charge is 0.371 e. The van der Waals surface area contributed by atoms with E-state index in [4.69, 9.17) is 0 Å². The second-order valence-corrected chi connectivity index (χ2v) is 4.81. The molecule has 0 saturated carbocycles. The lowest BCUT2D eigenvalue weighted by Gasteiger charge is -2.28. The lowest BCUT2D eigenvalue weighted by Crippen LogP contribution is -2.32. The van der Waals surface area contributed by atoms with E-state index in [0.29, 0.717) is 0 Å². The Kier molecular flexibility index (Phi) is 3.11. The van der Waals surface area contributed by atoms with E-state index in [0.717, 1.165) is 31.5 Å². The maximum Gasteiger partial charge on any atom is 0.0995 e. The van der Waals surface area contributed by atoms with Crippen LogP contribution in [-0.4, -0.2) is 13.1 Å². The van der Waals surface area contributed by atoms with Crippen molar-refractivity contribution in [2.75, 3.05) is 18.0 Å². The molecule has 17 heavy (non-hydrogen) atoms. The van der Waals surface area contributed by atoms with Crippen LogP contribution in [0.2, 0.25) is 0 Å². The highest BCUT2D eigenvalue weighted by molar-refractivity contribution is 5.67. The van der Waals surface area contributed by atoms with E-state index in [9.17, 15) is 5.26 Å². The number of hydrogen-bond donors (Lipinski definition) is 0. The average Bonchev–Trinajstić information content (AvgIpc) is 2.73. The first kappa shape index (κ1) is 12.0. The van der Waals surface area contributed by atoms with Gasteiger partial charge in [-0.2, -0.15) is 5.26 Å². The van der Waals surface area contributed by atoms with Crippen molar-refractivity contribution in [1.29, 1.82) is 5.26 Å². The molecule has 0 fully saturated rings. The van der Waals surface area contributed by atoms with Crippen LogP contribution < -0.4 is 4.90 Å². The fourth-order valence-corrected chi connectivity index (χ4v) is 3.09. The monoisotopic (exact) mass is 228 g/mol. The van der Waals surface area contributed by atoms with Crippen molar-refractivity contribution < 1.29 is 0 Å². The Labute approximate surface area is 104 Å². The van der Waals surface area contributed by atoms with Gasteiger partial charge in [-0.3, -0.25) is 0 Å². The Morgan fingerprint density at radius 1 is 1.29 bits per heavy atom. The van der Waals surface area contributed by atoms with Gasteiger partial charge in [-0.05, 0) is 31.9 Å². The summed E-state index contributed by atoms with van der Waals surface area (Å²) in [5.74, 6) is 0. The van der Waals surface area contributed by atoms with Crippen molar-refractivity contribution >= 4 is 5.69 Å². The summed E-state index contributed by atoms with van der Waals surface area (Å²) in [5, 5.41) is 9.32. The van der Waals surface area contributed by atoms with Gasteiger partial charge in [0, 0.05) is 29.8 Å². The zero-order chi connectivity index (χ0) is 12.5. The van der Waals surface area contributed by atoms with E-state index >= 15 is 0 Å². The van der Waals surface area contributed by atoms with Gasteiger partial charge >= 0.3 is 0 Å². The first-order valence-electron chi connectivity index (χ1n) is 6.51. The van der Waals surface area contributed by atoms with Crippen LogP contribution in [-0.2, 0) is 5.41 Å². The molecule has 2 heteroatoms. The predicted octanol–water partition coefficient (Wildman–Crippen LogP) is 3.46. The van der Waals surface area contributed by atoms with Crippen LogP contribution in [0.15, 0.2) is 18.2 Å². The third-order valence-corrected chi connectivity index (χ3v) is 4.26. The van der Waals surface area contributed by atoms with E-state index in [1.807, 2.05) is 12.1 Å². The molecule has 0 aliphatic carbocycles. The van der Waals surface area contributed by atoms with Crippen LogP contribution in [0, 0.1) is 11.3 Å². The van der Waals surface area contributed by atoms with Crippen molar-refractivity contribution in [2.24, 2.45) is 0 Å². The van der Waals surface area contributed by atoms with Crippen molar-refractivity contribution in [3.8, 4) is 6.07 Å². The second kappa shape index (κ2) is 4.41. The lowest BCUT2D eigenvalue weighted by molar-refractivity contribution is 0.420. The molecule has 1 heterocycles. The summed E-state index contributed by atoms with van der Waals surface area (Å²) in [6.45, 7) is 8.74. The third-order valence-electron chi connectivity index (χ3n) is 4.26. The van der Waals surface area contributed by atoms with Crippen LogP contribution >= 0.6 is 0 Å². The lowest BCUT2D eigenvalue weighted by atomic mass is 9.76. The standard InChI is InChI=1S/C15H20N2/c1-4-15(5-2)11-17(6-3)13-9-7-8-12(10-16)14(13)15/h7-9H,4-6,11H2,1-3H3. The zero-order valence-electron chi connectivity index (χ0n) is 11.0. The van der Waals surface area contributed by atoms with Crippen molar-refractivity contribution in [2.45, 2.75) is 39.0 Å². The summed E-state index contributed by atoms with van der Waals surface area (Å²) in [5.41, 5.74) is 3.60. The molecule has 0 bridgehead atoms. The SMILES string of the molecule is CCN1CC(CC)(CC)c2c(C#N)cccc21. The van der Waals surface area contributed by atoms with E-state index in [-0.39, 0.29) is 5.41 Å². The van der Waals surface area contributed by atoms with Gasteiger partial charge in [0.25, 0.3) is 0 Å². The normalized spacial score (nSPS) is 16.7. The maximum absolute atomic E-state index is 9.32. The van der Waals surface area contributed by atoms with Gasteiger partial charge in [0.05, 0.1) is 11.6 Å². The maximum atomic E-state index is 9.32. The van der Waals surface area contributed by atoms with E-state index in [1.165, 1.54) is 11.3 Å². The van der Waals surface area contributed by atoms with Crippen LogP contribution in [0.5, 0.6) is 0 Å². The molecular formula is C15H20N2. The molecule has 1 aromatic carbocycles. The molecule has 1 aliphatic rings. The molecule has 0 aromatic heterocycles. The first-order valence-corrected chi connectivity index (χ1v) is 6.51. The molecular weight excluding hydrogens is 208 g/mol. The third kappa shape index (κ3) is 1.61.